The number of hydrogen-bond donors (Lipinski definition) is 1. The van der Waals surface area contributed by atoms with Crippen LogP contribution in [0.3, 0.4) is 0 Å². The minimum Gasteiger partial charge on any atom is -0.381 e. The van der Waals surface area contributed by atoms with Crippen LogP contribution in [-0.4, -0.2) is 42.2 Å². The average molecular weight is 308 g/mol. The molecule has 21 heavy (non-hydrogen) atoms. The number of hydrogen-bond acceptors (Lipinski definition) is 5. The maximum absolute atomic E-state index is 6.02. The Bertz CT molecular complexity index is 586. The van der Waals surface area contributed by atoms with Crippen LogP contribution in [0.25, 0.3) is 4.96 Å². The van der Waals surface area contributed by atoms with Gasteiger partial charge in [-0.2, -0.15) is 0 Å². The third-order valence-electron chi connectivity index (χ3n) is 4.00. The molecule has 1 saturated heterocycles. The van der Waals surface area contributed by atoms with Crippen molar-refractivity contribution in [3.05, 3.63) is 17.3 Å². The molecule has 6 heteroatoms. The van der Waals surface area contributed by atoms with Crippen LogP contribution in [0.4, 0.5) is 5.82 Å². The van der Waals surface area contributed by atoms with E-state index in [0.717, 1.165) is 37.0 Å². The minimum atomic E-state index is 0.134. The Morgan fingerprint density at radius 3 is 3.19 bits per heavy atom. The zero-order valence-electron chi connectivity index (χ0n) is 12.8. The number of imidazole rings is 1. The van der Waals surface area contributed by atoms with E-state index in [1.807, 2.05) is 6.92 Å². The number of ether oxygens (including phenoxy) is 1. The van der Waals surface area contributed by atoms with Gasteiger partial charge in [-0.05, 0) is 25.7 Å². The van der Waals surface area contributed by atoms with Gasteiger partial charge in [0, 0.05) is 44.2 Å². The van der Waals surface area contributed by atoms with E-state index < -0.39 is 0 Å². The highest BCUT2D eigenvalue weighted by atomic mass is 32.1. The van der Waals surface area contributed by atoms with E-state index in [-0.39, 0.29) is 6.04 Å². The van der Waals surface area contributed by atoms with Crippen molar-refractivity contribution < 1.29 is 4.74 Å². The fourth-order valence-corrected chi connectivity index (χ4v) is 3.77. The Balaban J connectivity index is 1.82. The second kappa shape index (κ2) is 6.34. The predicted molar refractivity (Wildman–Crippen MR) is 87.2 cm³/mol. The first-order valence-electron chi connectivity index (χ1n) is 7.64. The molecule has 116 valence electrons. The van der Waals surface area contributed by atoms with Crippen molar-refractivity contribution >= 4 is 22.1 Å². The SMILES string of the molecule is CC(N)Cc1c(N(C)CC2CCCOC2)nc2sccn12. The first-order chi connectivity index (χ1) is 10.1. The van der Waals surface area contributed by atoms with Gasteiger partial charge < -0.3 is 15.4 Å². The predicted octanol–water partition coefficient (Wildman–Crippen LogP) is 2.15. The summed E-state index contributed by atoms with van der Waals surface area (Å²) in [5, 5.41) is 2.08. The van der Waals surface area contributed by atoms with Crippen LogP contribution < -0.4 is 10.6 Å². The van der Waals surface area contributed by atoms with E-state index in [1.54, 1.807) is 11.3 Å². The number of thiazole rings is 1. The van der Waals surface area contributed by atoms with E-state index in [0.29, 0.717) is 5.92 Å². The van der Waals surface area contributed by atoms with Crippen molar-refractivity contribution in [1.29, 1.82) is 0 Å². The van der Waals surface area contributed by atoms with Gasteiger partial charge in [0.05, 0.1) is 12.3 Å². The van der Waals surface area contributed by atoms with E-state index in [2.05, 4.69) is 27.9 Å². The maximum atomic E-state index is 6.02. The van der Waals surface area contributed by atoms with Gasteiger partial charge in [-0.15, -0.1) is 11.3 Å². The molecule has 1 fully saturated rings. The Morgan fingerprint density at radius 2 is 2.48 bits per heavy atom. The Kier molecular flexibility index (Phi) is 4.47. The molecular formula is C15H24N4OS. The fourth-order valence-electron chi connectivity index (χ4n) is 3.05. The normalized spacial score (nSPS) is 20.8. The maximum Gasteiger partial charge on any atom is 0.195 e. The van der Waals surface area contributed by atoms with E-state index in [9.17, 15) is 0 Å². The lowest BCUT2D eigenvalue weighted by molar-refractivity contribution is 0.0576. The second-order valence-electron chi connectivity index (χ2n) is 6.08. The van der Waals surface area contributed by atoms with Gasteiger partial charge >= 0.3 is 0 Å². The highest BCUT2D eigenvalue weighted by Gasteiger charge is 2.21. The van der Waals surface area contributed by atoms with Crippen molar-refractivity contribution in [2.75, 3.05) is 31.7 Å². The monoisotopic (exact) mass is 308 g/mol. The smallest absolute Gasteiger partial charge is 0.195 e. The summed E-state index contributed by atoms with van der Waals surface area (Å²) in [4.78, 5) is 8.13. The summed E-state index contributed by atoms with van der Waals surface area (Å²) >= 11 is 1.67. The first kappa shape index (κ1) is 14.8. The van der Waals surface area contributed by atoms with Crippen LogP contribution in [0.1, 0.15) is 25.5 Å². The molecule has 2 unspecified atom stereocenters. The van der Waals surface area contributed by atoms with Crippen molar-refractivity contribution in [3.8, 4) is 0 Å². The van der Waals surface area contributed by atoms with Gasteiger partial charge in [0.15, 0.2) is 10.8 Å². The van der Waals surface area contributed by atoms with Crippen molar-refractivity contribution in [1.82, 2.24) is 9.38 Å². The van der Waals surface area contributed by atoms with E-state index >= 15 is 0 Å². The highest BCUT2D eigenvalue weighted by Crippen LogP contribution is 2.26. The van der Waals surface area contributed by atoms with Crippen LogP contribution >= 0.6 is 11.3 Å². The summed E-state index contributed by atoms with van der Waals surface area (Å²) in [5.74, 6) is 1.68. The van der Waals surface area contributed by atoms with Gasteiger partial charge in [-0.1, -0.05) is 0 Å². The molecule has 2 aromatic heterocycles. The van der Waals surface area contributed by atoms with Crippen LogP contribution in [-0.2, 0) is 11.2 Å². The molecule has 2 atom stereocenters. The number of rotatable bonds is 5. The molecular weight excluding hydrogens is 284 g/mol. The molecule has 0 radical (unpaired) electrons. The lowest BCUT2D eigenvalue weighted by atomic mass is 10.0. The van der Waals surface area contributed by atoms with Gasteiger partial charge in [0.2, 0.25) is 0 Å². The number of aromatic nitrogens is 2. The lowest BCUT2D eigenvalue weighted by Gasteiger charge is -2.28. The number of anilines is 1. The fraction of sp³-hybridized carbons (Fsp3) is 0.667. The molecule has 5 nitrogen and oxygen atoms in total. The molecule has 0 spiro atoms. The Labute approximate surface area is 129 Å². The van der Waals surface area contributed by atoms with Crippen LogP contribution in [0.15, 0.2) is 11.6 Å². The summed E-state index contributed by atoms with van der Waals surface area (Å²) in [5.41, 5.74) is 7.24. The zero-order valence-corrected chi connectivity index (χ0v) is 13.6. The van der Waals surface area contributed by atoms with Crippen molar-refractivity contribution in [2.24, 2.45) is 11.7 Å². The van der Waals surface area contributed by atoms with E-state index in [1.165, 1.54) is 18.5 Å². The Morgan fingerprint density at radius 1 is 1.62 bits per heavy atom. The summed E-state index contributed by atoms with van der Waals surface area (Å²) in [6.07, 6.45) is 5.35. The van der Waals surface area contributed by atoms with Crippen LogP contribution in [0.5, 0.6) is 0 Å². The summed E-state index contributed by atoms with van der Waals surface area (Å²) in [6.45, 7) is 4.83. The van der Waals surface area contributed by atoms with E-state index in [4.69, 9.17) is 15.5 Å². The quantitative estimate of drug-likeness (QED) is 0.919. The number of nitrogens with zero attached hydrogens (tertiary/aromatic N) is 3. The number of nitrogens with two attached hydrogens (primary N) is 1. The largest absolute Gasteiger partial charge is 0.381 e. The van der Waals surface area contributed by atoms with Crippen LogP contribution in [0, 0.1) is 5.92 Å². The van der Waals surface area contributed by atoms with Crippen molar-refractivity contribution in [2.45, 2.75) is 32.2 Å². The highest BCUT2D eigenvalue weighted by molar-refractivity contribution is 7.15. The van der Waals surface area contributed by atoms with Gasteiger partial charge in [0.1, 0.15) is 0 Å². The first-order valence-corrected chi connectivity index (χ1v) is 8.52. The average Bonchev–Trinajstić information content (AvgIpc) is 3.02. The summed E-state index contributed by atoms with van der Waals surface area (Å²) < 4.78 is 7.77. The third-order valence-corrected chi connectivity index (χ3v) is 4.76. The summed E-state index contributed by atoms with van der Waals surface area (Å²) in [6, 6.07) is 0.134. The molecule has 1 aliphatic rings. The molecule has 2 aromatic rings. The van der Waals surface area contributed by atoms with Crippen molar-refractivity contribution in [3.63, 3.8) is 0 Å². The third kappa shape index (κ3) is 3.22. The molecule has 0 bridgehead atoms. The molecule has 3 heterocycles. The van der Waals surface area contributed by atoms with Crippen LogP contribution in [0.2, 0.25) is 0 Å². The molecule has 0 aromatic carbocycles. The van der Waals surface area contributed by atoms with Gasteiger partial charge in [0.25, 0.3) is 0 Å². The minimum absolute atomic E-state index is 0.134. The molecule has 3 rings (SSSR count). The Hall–Kier alpha value is -1.11. The lowest BCUT2D eigenvalue weighted by Crippen LogP contribution is -2.32. The second-order valence-corrected chi connectivity index (χ2v) is 6.96. The number of fused-ring (bicyclic) bond motifs is 1. The molecule has 0 aliphatic carbocycles. The molecule has 2 N–H and O–H groups in total. The van der Waals surface area contributed by atoms with Gasteiger partial charge in [-0.25, -0.2) is 4.98 Å². The van der Waals surface area contributed by atoms with Gasteiger partial charge in [-0.3, -0.25) is 4.40 Å². The summed E-state index contributed by atoms with van der Waals surface area (Å²) in [7, 11) is 2.13. The topological polar surface area (TPSA) is 55.8 Å². The molecule has 0 saturated carbocycles. The zero-order chi connectivity index (χ0) is 14.8. The molecule has 1 aliphatic heterocycles. The molecule has 0 amide bonds. The standard InChI is InChI=1S/C15H24N4OS/c1-11(16)8-13-14(17-15-19(13)5-7-21-15)18(2)9-12-4-3-6-20-10-12/h5,7,11-12H,3-4,6,8-10,16H2,1-2H3.